The van der Waals surface area contributed by atoms with Crippen LogP contribution < -0.4 is 5.32 Å². The van der Waals surface area contributed by atoms with E-state index in [1.165, 1.54) is 10.5 Å². The SMILES string of the molecule is Clc1cc(Cl)cc(CNC2CCSc3ccc(Cl)cc32)c1. The van der Waals surface area contributed by atoms with Crippen LogP contribution in [0.5, 0.6) is 0 Å². The molecule has 0 aliphatic carbocycles. The molecule has 3 rings (SSSR count). The fourth-order valence-corrected chi connectivity index (χ4v) is 4.39. The maximum Gasteiger partial charge on any atom is 0.0424 e. The summed E-state index contributed by atoms with van der Waals surface area (Å²) in [6.07, 6.45) is 1.09. The van der Waals surface area contributed by atoms with Crippen LogP contribution in [0.25, 0.3) is 0 Å². The smallest absolute Gasteiger partial charge is 0.0424 e. The maximum atomic E-state index is 6.13. The zero-order valence-corrected chi connectivity index (χ0v) is 14.3. The zero-order valence-electron chi connectivity index (χ0n) is 11.2. The predicted molar refractivity (Wildman–Crippen MR) is 92.8 cm³/mol. The zero-order chi connectivity index (χ0) is 14.8. The number of hydrogen-bond donors (Lipinski definition) is 1. The van der Waals surface area contributed by atoms with E-state index in [0.717, 1.165) is 29.3 Å². The van der Waals surface area contributed by atoms with Crippen molar-refractivity contribution in [2.24, 2.45) is 0 Å². The first kappa shape index (κ1) is 15.5. The maximum absolute atomic E-state index is 6.13. The second-order valence-corrected chi connectivity index (χ2v) is 7.48. The highest BCUT2D eigenvalue weighted by Crippen LogP contribution is 2.37. The monoisotopic (exact) mass is 357 g/mol. The van der Waals surface area contributed by atoms with Crippen LogP contribution in [0, 0.1) is 0 Å². The summed E-state index contributed by atoms with van der Waals surface area (Å²) in [5, 5.41) is 5.71. The van der Waals surface area contributed by atoms with Gasteiger partial charge in [-0.2, -0.15) is 0 Å². The Morgan fingerprint density at radius 1 is 1.00 bits per heavy atom. The predicted octanol–water partition coefficient (Wildman–Crippen LogP) is 5.97. The minimum atomic E-state index is 0.317. The molecular weight excluding hydrogens is 345 g/mol. The van der Waals surface area contributed by atoms with E-state index in [0.29, 0.717) is 16.1 Å². The number of thioether (sulfide) groups is 1. The van der Waals surface area contributed by atoms with Crippen LogP contribution >= 0.6 is 46.6 Å². The van der Waals surface area contributed by atoms with Gasteiger partial charge in [-0.05, 0) is 59.7 Å². The third-order valence-corrected chi connectivity index (χ3v) is 5.28. The Kier molecular flexibility index (Phi) is 5.03. The molecule has 0 amide bonds. The van der Waals surface area contributed by atoms with E-state index in [1.54, 1.807) is 6.07 Å². The minimum absolute atomic E-state index is 0.317. The van der Waals surface area contributed by atoms with Crippen molar-refractivity contribution in [3.63, 3.8) is 0 Å². The lowest BCUT2D eigenvalue weighted by Gasteiger charge is -2.26. The second kappa shape index (κ2) is 6.80. The van der Waals surface area contributed by atoms with Crippen LogP contribution in [0.4, 0.5) is 0 Å². The number of halogens is 3. The van der Waals surface area contributed by atoms with E-state index in [9.17, 15) is 0 Å². The molecule has 0 fully saturated rings. The quantitative estimate of drug-likeness (QED) is 0.725. The Balaban J connectivity index is 1.76. The highest BCUT2D eigenvalue weighted by Gasteiger charge is 2.20. The van der Waals surface area contributed by atoms with Gasteiger partial charge in [0.1, 0.15) is 0 Å². The molecule has 2 aromatic rings. The van der Waals surface area contributed by atoms with Gasteiger partial charge in [-0.1, -0.05) is 34.8 Å². The normalized spacial score (nSPS) is 17.6. The number of benzene rings is 2. The van der Waals surface area contributed by atoms with Crippen LogP contribution in [0.15, 0.2) is 41.3 Å². The van der Waals surface area contributed by atoms with Crippen molar-refractivity contribution in [2.75, 3.05) is 5.75 Å². The van der Waals surface area contributed by atoms with Crippen molar-refractivity contribution in [2.45, 2.75) is 23.9 Å². The van der Waals surface area contributed by atoms with Crippen molar-refractivity contribution in [3.05, 3.63) is 62.6 Å². The van der Waals surface area contributed by atoms with Crippen molar-refractivity contribution < 1.29 is 0 Å². The van der Waals surface area contributed by atoms with Crippen LogP contribution in [-0.2, 0) is 6.54 Å². The fraction of sp³-hybridized carbons (Fsp3) is 0.250. The summed E-state index contributed by atoms with van der Waals surface area (Å²) in [7, 11) is 0. The summed E-state index contributed by atoms with van der Waals surface area (Å²) < 4.78 is 0. The third-order valence-electron chi connectivity index (χ3n) is 3.49. The summed E-state index contributed by atoms with van der Waals surface area (Å²) in [6, 6.07) is 12.1. The molecule has 1 N–H and O–H groups in total. The molecule has 1 nitrogen and oxygen atoms in total. The topological polar surface area (TPSA) is 12.0 Å². The van der Waals surface area contributed by atoms with E-state index in [2.05, 4.69) is 17.4 Å². The van der Waals surface area contributed by atoms with Crippen molar-refractivity contribution in [1.82, 2.24) is 5.32 Å². The summed E-state index contributed by atoms with van der Waals surface area (Å²) in [5.74, 6) is 1.11. The third kappa shape index (κ3) is 3.88. The molecule has 5 heteroatoms. The van der Waals surface area contributed by atoms with Gasteiger partial charge in [0, 0.05) is 32.5 Å². The Morgan fingerprint density at radius 2 is 1.76 bits per heavy atom. The molecule has 0 saturated heterocycles. The van der Waals surface area contributed by atoms with Crippen molar-refractivity contribution in [3.8, 4) is 0 Å². The van der Waals surface area contributed by atoms with Gasteiger partial charge in [0.2, 0.25) is 0 Å². The van der Waals surface area contributed by atoms with Gasteiger partial charge >= 0.3 is 0 Å². The van der Waals surface area contributed by atoms with Gasteiger partial charge < -0.3 is 5.32 Å². The molecule has 0 bridgehead atoms. The average molecular weight is 359 g/mol. The highest BCUT2D eigenvalue weighted by molar-refractivity contribution is 7.99. The van der Waals surface area contributed by atoms with E-state index in [4.69, 9.17) is 34.8 Å². The number of hydrogen-bond acceptors (Lipinski definition) is 2. The first-order valence-electron chi connectivity index (χ1n) is 6.72. The molecule has 0 spiro atoms. The molecule has 1 unspecified atom stereocenters. The summed E-state index contributed by atoms with van der Waals surface area (Å²) in [5.41, 5.74) is 2.38. The molecule has 21 heavy (non-hydrogen) atoms. The Bertz CT molecular complexity index is 640. The van der Waals surface area contributed by atoms with E-state index in [-0.39, 0.29) is 0 Å². The van der Waals surface area contributed by atoms with Crippen LogP contribution in [-0.4, -0.2) is 5.75 Å². The van der Waals surface area contributed by atoms with Gasteiger partial charge in [0.05, 0.1) is 0 Å². The van der Waals surface area contributed by atoms with Gasteiger partial charge in [0.15, 0.2) is 0 Å². The molecule has 1 heterocycles. The van der Waals surface area contributed by atoms with Gasteiger partial charge in [-0.15, -0.1) is 11.8 Å². The largest absolute Gasteiger partial charge is 0.306 e. The minimum Gasteiger partial charge on any atom is -0.306 e. The standard InChI is InChI=1S/C16H14Cl3NS/c17-11-1-2-16-14(8-11)15(3-4-21-16)20-9-10-5-12(18)7-13(19)6-10/h1-2,5-8,15,20H,3-4,9H2. The van der Waals surface area contributed by atoms with Crippen molar-refractivity contribution in [1.29, 1.82) is 0 Å². The van der Waals surface area contributed by atoms with Gasteiger partial charge in [-0.3, -0.25) is 0 Å². The summed E-state index contributed by atoms with van der Waals surface area (Å²) >= 11 is 20.1. The van der Waals surface area contributed by atoms with E-state index >= 15 is 0 Å². The second-order valence-electron chi connectivity index (χ2n) is 5.03. The molecule has 0 aromatic heterocycles. The summed E-state index contributed by atoms with van der Waals surface area (Å²) in [6.45, 7) is 0.738. The lowest BCUT2D eigenvalue weighted by Crippen LogP contribution is -2.24. The lowest BCUT2D eigenvalue weighted by atomic mass is 10.0. The molecule has 1 aliphatic rings. The van der Waals surface area contributed by atoms with E-state index < -0.39 is 0 Å². The first-order chi connectivity index (χ1) is 10.1. The van der Waals surface area contributed by atoms with E-state index in [1.807, 2.05) is 30.0 Å². The van der Waals surface area contributed by atoms with Gasteiger partial charge in [0.25, 0.3) is 0 Å². The molecule has 2 aromatic carbocycles. The number of fused-ring (bicyclic) bond motifs is 1. The molecular formula is C16H14Cl3NS. The Hall–Kier alpha value is -0.380. The van der Waals surface area contributed by atoms with Crippen LogP contribution in [0.3, 0.4) is 0 Å². The van der Waals surface area contributed by atoms with Crippen LogP contribution in [0.1, 0.15) is 23.6 Å². The molecule has 110 valence electrons. The van der Waals surface area contributed by atoms with Gasteiger partial charge in [-0.25, -0.2) is 0 Å². The number of rotatable bonds is 3. The fourth-order valence-electron chi connectivity index (χ4n) is 2.53. The number of nitrogens with one attached hydrogen (secondary N) is 1. The highest BCUT2D eigenvalue weighted by atomic mass is 35.5. The molecule has 0 radical (unpaired) electrons. The Labute approximate surface area is 144 Å². The average Bonchev–Trinajstić information content (AvgIpc) is 2.44. The van der Waals surface area contributed by atoms with Crippen LogP contribution in [0.2, 0.25) is 15.1 Å². The lowest BCUT2D eigenvalue weighted by molar-refractivity contribution is 0.510. The summed E-state index contributed by atoms with van der Waals surface area (Å²) in [4.78, 5) is 1.31. The first-order valence-corrected chi connectivity index (χ1v) is 8.84. The van der Waals surface area contributed by atoms with Crippen molar-refractivity contribution >= 4 is 46.6 Å². The molecule has 1 aliphatic heterocycles. The molecule has 1 atom stereocenters. The molecule has 0 saturated carbocycles. The Morgan fingerprint density at radius 3 is 2.52 bits per heavy atom.